The smallest absolute Gasteiger partial charge is 0.173 e. The molecule has 0 heterocycles. The molecule has 0 aliphatic heterocycles. The molecule has 0 bridgehead atoms. The van der Waals surface area contributed by atoms with Crippen LogP contribution in [0.15, 0.2) is 36.4 Å². The lowest BCUT2D eigenvalue weighted by Gasteiger charge is -2.07. The molecule has 0 N–H and O–H groups in total. The zero-order valence-electron chi connectivity index (χ0n) is 12.1. The van der Waals surface area contributed by atoms with Crippen molar-refractivity contribution >= 4 is 63.8 Å². The third-order valence-electron chi connectivity index (χ3n) is 3.20. The third-order valence-corrected chi connectivity index (χ3v) is 4.46. The molecular weight excluding hydrogens is 394 g/mol. The van der Waals surface area contributed by atoms with Gasteiger partial charge in [0.2, 0.25) is 0 Å². The minimum absolute atomic E-state index is 0.0670. The van der Waals surface area contributed by atoms with Crippen molar-refractivity contribution in [3.8, 4) is 0 Å². The van der Waals surface area contributed by atoms with Crippen molar-refractivity contribution in [2.45, 2.75) is 12.8 Å². The van der Waals surface area contributed by atoms with E-state index in [1.165, 1.54) is 24.3 Å². The number of carbonyl (C=O) groups excluding carboxylic acids is 3. The molecule has 0 saturated carbocycles. The Hall–Kier alpha value is -1.39. The van der Waals surface area contributed by atoms with Crippen LogP contribution in [0.1, 0.15) is 33.6 Å². The van der Waals surface area contributed by atoms with E-state index in [2.05, 4.69) is 0 Å². The predicted octanol–water partition coefficient (Wildman–Crippen LogP) is 5.72. The van der Waals surface area contributed by atoms with E-state index in [1.807, 2.05) is 0 Å². The summed E-state index contributed by atoms with van der Waals surface area (Å²) in [6.07, 6.45) is -0.978. The summed E-state index contributed by atoms with van der Waals surface area (Å²) >= 11 is 23.7. The maximum Gasteiger partial charge on any atom is 0.173 e. The lowest BCUT2D eigenvalue weighted by atomic mass is 10.0. The van der Waals surface area contributed by atoms with Gasteiger partial charge in [-0.1, -0.05) is 58.5 Å². The molecule has 0 unspecified atom stereocenters. The van der Waals surface area contributed by atoms with Gasteiger partial charge in [0.1, 0.15) is 5.78 Å². The van der Waals surface area contributed by atoms with Crippen molar-refractivity contribution in [3.63, 3.8) is 0 Å². The van der Waals surface area contributed by atoms with E-state index in [-0.39, 0.29) is 31.2 Å². The Morgan fingerprint density at radius 1 is 0.625 bits per heavy atom. The van der Waals surface area contributed by atoms with Gasteiger partial charge in [0.15, 0.2) is 11.6 Å². The largest absolute Gasteiger partial charge is 0.299 e. The molecule has 0 aliphatic carbocycles. The van der Waals surface area contributed by atoms with Gasteiger partial charge < -0.3 is 0 Å². The summed E-state index contributed by atoms with van der Waals surface area (Å²) < 4.78 is 0. The van der Waals surface area contributed by atoms with E-state index in [9.17, 15) is 14.4 Å². The normalized spacial score (nSPS) is 10.5. The van der Waals surface area contributed by atoms with Crippen LogP contribution in [0.4, 0.5) is 0 Å². The lowest BCUT2D eigenvalue weighted by molar-refractivity contribution is -0.117. The Morgan fingerprint density at radius 3 is 1.21 bits per heavy atom. The molecule has 24 heavy (non-hydrogen) atoms. The molecule has 3 nitrogen and oxygen atoms in total. The van der Waals surface area contributed by atoms with Crippen molar-refractivity contribution in [1.29, 1.82) is 0 Å². The summed E-state index contributed by atoms with van der Waals surface area (Å²) in [4.78, 5) is 36.4. The number of ketones is 3. The van der Waals surface area contributed by atoms with Gasteiger partial charge in [0, 0.05) is 0 Å². The van der Waals surface area contributed by atoms with Crippen LogP contribution in [-0.4, -0.2) is 17.3 Å². The molecule has 0 spiro atoms. The number of hydrogen-bond donors (Lipinski definition) is 0. The minimum Gasteiger partial charge on any atom is -0.299 e. The topological polar surface area (TPSA) is 51.2 Å². The monoisotopic (exact) mass is 402 g/mol. The first-order valence-electron chi connectivity index (χ1n) is 6.77. The molecule has 0 amide bonds. The fourth-order valence-electron chi connectivity index (χ4n) is 2.13. The quantitative estimate of drug-likeness (QED) is 0.458. The first-order valence-corrected chi connectivity index (χ1v) is 8.28. The number of hydrogen-bond acceptors (Lipinski definition) is 3. The Balaban J connectivity index is 2.11. The van der Waals surface area contributed by atoms with Crippen LogP contribution in [-0.2, 0) is 4.79 Å². The summed E-state index contributed by atoms with van der Waals surface area (Å²) in [7, 11) is 0. The van der Waals surface area contributed by atoms with Crippen LogP contribution in [0.25, 0.3) is 0 Å². The summed E-state index contributed by atoms with van der Waals surface area (Å²) in [5, 5.41) is 0.614. The highest BCUT2D eigenvalue weighted by atomic mass is 35.5. The van der Waals surface area contributed by atoms with Gasteiger partial charge in [-0.15, -0.1) is 0 Å². The molecule has 2 aromatic carbocycles. The highest BCUT2D eigenvalue weighted by Crippen LogP contribution is 2.27. The van der Waals surface area contributed by atoms with Crippen molar-refractivity contribution in [2.24, 2.45) is 0 Å². The molecule has 0 atom stereocenters. The first kappa shape index (κ1) is 18.9. The molecule has 2 aromatic rings. The molecule has 2 rings (SSSR count). The molecule has 124 valence electrons. The first-order chi connectivity index (χ1) is 11.3. The van der Waals surface area contributed by atoms with Crippen LogP contribution < -0.4 is 0 Å². The summed E-state index contributed by atoms with van der Waals surface area (Å²) in [6.45, 7) is 0. The number of Topliss-reactive ketones (excluding diaryl/α,β-unsaturated/α-hetero) is 3. The van der Waals surface area contributed by atoms with E-state index in [0.29, 0.717) is 0 Å². The van der Waals surface area contributed by atoms with Crippen LogP contribution >= 0.6 is 46.4 Å². The van der Waals surface area contributed by atoms with Gasteiger partial charge in [-0.25, -0.2) is 0 Å². The predicted molar refractivity (Wildman–Crippen MR) is 95.8 cm³/mol. The van der Waals surface area contributed by atoms with Gasteiger partial charge in [0.25, 0.3) is 0 Å². The van der Waals surface area contributed by atoms with Gasteiger partial charge in [-0.3, -0.25) is 14.4 Å². The molecule has 0 saturated heterocycles. The molecular formula is C17H10Cl4O3. The van der Waals surface area contributed by atoms with Crippen LogP contribution in [0.3, 0.4) is 0 Å². The summed E-state index contributed by atoms with van der Waals surface area (Å²) in [5.74, 6) is -1.67. The fraction of sp³-hybridized carbons (Fsp3) is 0.118. The number of halogens is 4. The number of benzene rings is 2. The zero-order valence-corrected chi connectivity index (χ0v) is 15.1. The maximum atomic E-state index is 12.2. The van der Waals surface area contributed by atoms with E-state index in [0.717, 1.165) is 0 Å². The van der Waals surface area contributed by atoms with Crippen LogP contribution in [0.5, 0.6) is 0 Å². The second kappa shape index (κ2) is 8.13. The van der Waals surface area contributed by atoms with Crippen molar-refractivity contribution < 1.29 is 14.4 Å². The average molecular weight is 404 g/mol. The van der Waals surface area contributed by atoms with E-state index < -0.39 is 30.2 Å². The Labute approximate surface area is 158 Å². The molecule has 0 aromatic heterocycles. The van der Waals surface area contributed by atoms with Gasteiger partial charge >= 0.3 is 0 Å². The Kier molecular flexibility index (Phi) is 6.41. The molecule has 0 fully saturated rings. The van der Waals surface area contributed by atoms with E-state index in [1.54, 1.807) is 12.1 Å². The molecule has 7 heteroatoms. The lowest BCUT2D eigenvalue weighted by Crippen LogP contribution is -2.14. The zero-order chi connectivity index (χ0) is 17.9. The number of carbonyl (C=O) groups is 3. The second-order valence-electron chi connectivity index (χ2n) is 4.93. The van der Waals surface area contributed by atoms with Crippen molar-refractivity contribution in [1.82, 2.24) is 0 Å². The van der Waals surface area contributed by atoms with Crippen LogP contribution in [0, 0.1) is 0 Å². The Morgan fingerprint density at radius 2 is 0.917 bits per heavy atom. The SMILES string of the molecule is O=C(CC(=O)c1c(Cl)cccc1Cl)CC(=O)c1c(Cl)cccc1Cl. The fourth-order valence-corrected chi connectivity index (χ4v) is 3.34. The van der Waals surface area contributed by atoms with Gasteiger partial charge in [-0.2, -0.15) is 0 Å². The maximum absolute atomic E-state index is 12.2. The molecule has 0 radical (unpaired) electrons. The minimum atomic E-state index is -0.572. The van der Waals surface area contributed by atoms with Crippen molar-refractivity contribution in [2.75, 3.05) is 0 Å². The van der Waals surface area contributed by atoms with Gasteiger partial charge in [-0.05, 0) is 24.3 Å². The summed E-state index contributed by atoms with van der Waals surface area (Å²) in [6, 6.07) is 9.18. The highest BCUT2D eigenvalue weighted by molar-refractivity contribution is 6.41. The van der Waals surface area contributed by atoms with Crippen LogP contribution in [0.2, 0.25) is 20.1 Å². The van der Waals surface area contributed by atoms with E-state index >= 15 is 0 Å². The van der Waals surface area contributed by atoms with Crippen molar-refractivity contribution in [3.05, 3.63) is 67.6 Å². The Bertz CT molecular complexity index is 723. The van der Waals surface area contributed by atoms with Gasteiger partial charge in [0.05, 0.1) is 44.1 Å². The standard InChI is InChI=1S/C17H10Cl4O3/c18-10-3-1-4-11(19)16(10)14(23)7-9(22)8-15(24)17-12(20)5-2-6-13(17)21/h1-6H,7-8H2. The highest BCUT2D eigenvalue weighted by Gasteiger charge is 2.22. The third kappa shape index (κ3) is 4.37. The number of rotatable bonds is 6. The average Bonchev–Trinajstić information content (AvgIpc) is 2.46. The molecule has 0 aliphatic rings. The summed E-state index contributed by atoms with van der Waals surface area (Å²) in [5.41, 5.74) is 0.134. The van der Waals surface area contributed by atoms with E-state index in [4.69, 9.17) is 46.4 Å². The second-order valence-corrected chi connectivity index (χ2v) is 6.56.